The van der Waals surface area contributed by atoms with Crippen LogP contribution in [0.2, 0.25) is 0 Å². The smallest absolute Gasteiger partial charge is 0.211 e. The third kappa shape index (κ3) is 2.64. The van der Waals surface area contributed by atoms with Gasteiger partial charge in [-0.3, -0.25) is 0 Å². The summed E-state index contributed by atoms with van der Waals surface area (Å²) in [7, 11) is 0. The van der Waals surface area contributed by atoms with E-state index >= 15 is 0 Å². The Labute approximate surface area is 119 Å². The molecule has 2 heteroatoms. The Kier molecular flexibility index (Phi) is 3.38. The Morgan fingerprint density at radius 1 is 1.10 bits per heavy atom. The monoisotopic (exact) mass is 263 g/mol. The fraction of sp³-hybridized carbons (Fsp3) is 0.167. The number of hydrogen-bond donors (Lipinski definition) is 2. The molecule has 4 rings (SSSR count). The standard InChI is InChI=1S/C9H11N.C9H7N/c2*1-7-6-8-4-2-3-5-9(8)10-7/h2-5,7,10H,6H2,1H3;2-6H,1H2/p+1. The molecule has 0 saturated carbocycles. The van der Waals surface area contributed by atoms with Gasteiger partial charge in [-0.05, 0) is 37.6 Å². The van der Waals surface area contributed by atoms with Gasteiger partial charge in [-0.2, -0.15) is 0 Å². The van der Waals surface area contributed by atoms with Crippen molar-refractivity contribution >= 4 is 11.8 Å². The normalized spacial score (nSPS) is 17.9. The predicted octanol–water partition coefficient (Wildman–Crippen LogP) is 0.738. The van der Waals surface area contributed by atoms with Crippen molar-refractivity contribution in [2.75, 3.05) is 5.32 Å². The fourth-order valence-electron chi connectivity index (χ4n) is 2.62. The number of anilines is 1. The summed E-state index contributed by atoms with van der Waals surface area (Å²) in [5.74, 6) is 0. The Balaban J connectivity index is 0.000000121. The highest BCUT2D eigenvalue weighted by atomic mass is 14.9. The third-order valence-corrected chi connectivity index (χ3v) is 3.53. The highest BCUT2D eigenvalue weighted by Crippen LogP contribution is 2.24. The molecule has 2 aliphatic heterocycles. The first-order chi connectivity index (χ1) is 9.72. The molecular formula is C18H19N2+. The lowest BCUT2D eigenvalue weighted by molar-refractivity contribution is -0.430. The second-order valence-corrected chi connectivity index (χ2v) is 5.29. The van der Waals surface area contributed by atoms with Gasteiger partial charge in [0.15, 0.2) is 5.70 Å². The van der Waals surface area contributed by atoms with E-state index in [4.69, 9.17) is 0 Å². The number of para-hydroxylation sites is 2. The summed E-state index contributed by atoms with van der Waals surface area (Å²) >= 11 is 0. The molecule has 2 N–H and O–H groups in total. The lowest BCUT2D eigenvalue weighted by Gasteiger charge is -2.00. The van der Waals surface area contributed by atoms with Crippen molar-refractivity contribution in [2.45, 2.75) is 19.4 Å². The number of allylic oxidation sites excluding steroid dienone is 1. The summed E-state index contributed by atoms with van der Waals surface area (Å²) in [4.78, 5) is 3.15. The van der Waals surface area contributed by atoms with Crippen molar-refractivity contribution in [3.05, 3.63) is 76.9 Å². The van der Waals surface area contributed by atoms with Crippen molar-refractivity contribution in [1.82, 2.24) is 0 Å². The molecule has 1 unspecified atom stereocenters. The lowest BCUT2D eigenvalue weighted by Crippen LogP contribution is -2.73. The van der Waals surface area contributed by atoms with E-state index in [-0.39, 0.29) is 0 Å². The zero-order valence-electron chi connectivity index (χ0n) is 11.7. The van der Waals surface area contributed by atoms with Gasteiger partial charge in [0.2, 0.25) is 5.36 Å². The maximum Gasteiger partial charge on any atom is 0.211 e. The van der Waals surface area contributed by atoms with Crippen LogP contribution in [0.15, 0.2) is 60.8 Å². The molecule has 0 amide bonds. The molecule has 0 fully saturated rings. The van der Waals surface area contributed by atoms with Crippen LogP contribution < -0.4 is 20.9 Å². The summed E-state index contributed by atoms with van der Waals surface area (Å²) in [5.41, 5.74) is 3.74. The molecule has 0 radical (unpaired) electrons. The highest BCUT2D eigenvalue weighted by Gasteiger charge is 2.14. The number of rotatable bonds is 0. The minimum absolute atomic E-state index is 0.623. The molecular weight excluding hydrogens is 244 g/mol. The number of benzene rings is 2. The first kappa shape index (κ1) is 12.7. The second kappa shape index (κ2) is 5.33. The van der Waals surface area contributed by atoms with E-state index in [2.05, 4.69) is 54.1 Å². The zero-order valence-corrected chi connectivity index (χ0v) is 11.7. The van der Waals surface area contributed by atoms with E-state index in [0.717, 1.165) is 11.1 Å². The summed E-state index contributed by atoms with van der Waals surface area (Å²) in [6, 6.07) is 17.3. The zero-order chi connectivity index (χ0) is 13.9. The molecule has 0 saturated heterocycles. The van der Waals surface area contributed by atoms with Gasteiger partial charge in [0.1, 0.15) is 0 Å². The topological polar surface area (TPSA) is 26.0 Å². The molecule has 0 aromatic heterocycles. The van der Waals surface area contributed by atoms with Gasteiger partial charge in [0.25, 0.3) is 0 Å². The van der Waals surface area contributed by atoms with Crippen LogP contribution in [-0.4, -0.2) is 6.04 Å². The first-order valence-corrected chi connectivity index (χ1v) is 6.96. The highest BCUT2D eigenvalue weighted by molar-refractivity contribution is 5.56. The van der Waals surface area contributed by atoms with Crippen molar-refractivity contribution in [1.29, 1.82) is 0 Å². The van der Waals surface area contributed by atoms with Crippen LogP contribution in [0, 0.1) is 0 Å². The van der Waals surface area contributed by atoms with Crippen LogP contribution in [0.1, 0.15) is 12.5 Å². The first-order valence-electron chi connectivity index (χ1n) is 6.96. The van der Waals surface area contributed by atoms with Crippen LogP contribution in [0.4, 0.5) is 5.69 Å². The molecule has 2 aromatic rings. The molecule has 0 bridgehead atoms. The Hall–Kier alpha value is -2.35. The lowest BCUT2D eigenvalue weighted by atomic mass is 10.1. The van der Waals surface area contributed by atoms with E-state index in [1.54, 1.807) is 0 Å². The van der Waals surface area contributed by atoms with Crippen LogP contribution in [0.3, 0.4) is 0 Å². The molecule has 0 spiro atoms. The Morgan fingerprint density at radius 3 is 2.65 bits per heavy atom. The molecule has 2 nitrogen and oxygen atoms in total. The van der Waals surface area contributed by atoms with E-state index in [1.165, 1.54) is 22.9 Å². The SMILES string of the molecule is C=C1C=c2ccccc2=[NH+]1.CC1Cc2ccccc2N1. The van der Waals surface area contributed by atoms with Crippen LogP contribution in [-0.2, 0) is 6.42 Å². The summed E-state index contributed by atoms with van der Waals surface area (Å²) in [5, 5.41) is 5.79. The minimum atomic E-state index is 0.623. The van der Waals surface area contributed by atoms with E-state index in [0.29, 0.717) is 6.04 Å². The van der Waals surface area contributed by atoms with Crippen molar-refractivity contribution in [3.63, 3.8) is 0 Å². The van der Waals surface area contributed by atoms with Crippen molar-refractivity contribution in [3.8, 4) is 0 Å². The van der Waals surface area contributed by atoms with Crippen LogP contribution in [0.25, 0.3) is 6.08 Å². The molecule has 2 aromatic carbocycles. The van der Waals surface area contributed by atoms with Crippen LogP contribution >= 0.6 is 0 Å². The maximum atomic E-state index is 3.80. The van der Waals surface area contributed by atoms with Gasteiger partial charge in [0, 0.05) is 23.9 Å². The second-order valence-electron chi connectivity index (χ2n) is 5.29. The summed E-state index contributed by atoms with van der Waals surface area (Å²) in [6.07, 6.45) is 3.21. The molecule has 100 valence electrons. The largest absolute Gasteiger partial charge is 0.382 e. The van der Waals surface area contributed by atoms with Crippen molar-refractivity contribution < 1.29 is 4.99 Å². The number of hydrogen-bond acceptors (Lipinski definition) is 1. The Morgan fingerprint density at radius 2 is 1.85 bits per heavy atom. The van der Waals surface area contributed by atoms with Gasteiger partial charge in [-0.15, -0.1) is 0 Å². The van der Waals surface area contributed by atoms with Gasteiger partial charge in [-0.25, -0.2) is 4.99 Å². The fourth-order valence-corrected chi connectivity index (χ4v) is 2.62. The molecule has 0 aliphatic carbocycles. The number of fused-ring (bicyclic) bond motifs is 2. The summed E-state index contributed by atoms with van der Waals surface area (Å²) < 4.78 is 0. The van der Waals surface area contributed by atoms with Gasteiger partial charge >= 0.3 is 0 Å². The number of nitrogens with one attached hydrogen (secondary N) is 2. The quantitative estimate of drug-likeness (QED) is 0.720. The molecule has 1 atom stereocenters. The predicted molar refractivity (Wildman–Crippen MR) is 82.6 cm³/mol. The van der Waals surface area contributed by atoms with Crippen LogP contribution in [0.5, 0.6) is 0 Å². The average molecular weight is 263 g/mol. The molecule has 2 aliphatic rings. The van der Waals surface area contributed by atoms with Gasteiger partial charge in [-0.1, -0.05) is 30.3 Å². The minimum Gasteiger partial charge on any atom is -0.382 e. The maximum absolute atomic E-state index is 3.80. The molecule has 2 heterocycles. The Bertz CT molecular complexity index is 697. The van der Waals surface area contributed by atoms with Gasteiger partial charge < -0.3 is 5.32 Å². The summed E-state index contributed by atoms with van der Waals surface area (Å²) in [6.45, 7) is 6.01. The van der Waals surface area contributed by atoms with E-state index in [9.17, 15) is 0 Å². The molecule has 20 heavy (non-hydrogen) atoms. The van der Waals surface area contributed by atoms with Gasteiger partial charge in [0.05, 0.1) is 5.22 Å². The van der Waals surface area contributed by atoms with E-state index in [1.807, 2.05) is 24.3 Å². The third-order valence-electron chi connectivity index (χ3n) is 3.53. The van der Waals surface area contributed by atoms with Crippen molar-refractivity contribution in [2.24, 2.45) is 0 Å². The average Bonchev–Trinajstić information content (AvgIpc) is 2.99. The van der Waals surface area contributed by atoms with E-state index < -0.39 is 0 Å².